The minimum Gasteiger partial charge on any atom is -0.312 e. The Hall–Kier alpha value is -0.600. The zero-order chi connectivity index (χ0) is 10.7. The average molecular weight is 244 g/mol. The van der Waals surface area contributed by atoms with E-state index in [0.717, 1.165) is 12.1 Å². The number of hydrogen-bond donors (Lipinski definition) is 1. The molecule has 1 aromatic carbocycles. The predicted molar refractivity (Wildman–Crippen MR) is 67.3 cm³/mol. The standard InChI is InChI=1S/C13H18FN.ClH/c1-13(7-4-8-13)10-15-9-11-5-2-3-6-12(11)14;/h2-3,5-6,15H,4,7-10H2,1H3;1H. The van der Waals surface area contributed by atoms with Crippen molar-refractivity contribution in [3.63, 3.8) is 0 Å². The lowest BCUT2D eigenvalue weighted by atomic mass is 9.70. The van der Waals surface area contributed by atoms with Crippen molar-refractivity contribution in [2.24, 2.45) is 5.41 Å². The molecule has 2 rings (SSSR count). The first-order valence-corrected chi connectivity index (χ1v) is 5.64. The zero-order valence-electron chi connectivity index (χ0n) is 9.63. The summed E-state index contributed by atoms with van der Waals surface area (Å²) in [6.45, 7) is 3.94. The Bertz CT molecular complexity index is 336. The molecule has 1 aliphatic carbocycles. The molecule has 0 heterocycles. The zero-order valence-corrected chi connectivity index (χ0v) is 10.4. The molecule has 1 N–H and O–H groups in total. The van der Waals surface area contributed by atoms with E-state index in [2.05, 4.69) is 12.2 Å². The Balaban J connectivity index is 0.00000128. The fourth-order valence-electron chi connectivity index (χ4n) is 2.10. The van der Waals surface area contributed by atoms with Crippen molar-refractivity contribution in [2.75, 3.05) is 6.54 Å². The molecule has 1 aliphatic rings. The molecule has 0 bridgehead atoms. The third kappa shape index (κ3) is 3.19. The van der Waals surface area contributed by atoms with Gasteiger partial charge in [0.1, 0.15) is 5.82 Å². The first kappa shape index (κ1) is 13.5. The van der Waals surface area contributed by atoms with Crippen LogP contribution in [0.5, 0.6) is 0 Å². The van der Waals surface area contributed by atoms with Gasteiger partial charge in [0.25, 0.3) is 0 Å². The Morgan fingerprint density at radius 2 is 2.00 bits per heavy atom. The molecule has 0 unspecified atom stereocenters. The second-order valence-electron chi connectivity index (χ2n) is 4.86. The van der Waals surface area contributed by atoms with E-state index in [1.807, 2.05) is 12.1 Å². The molecular weight excluding hydrogens is 225 g/mol. The molecule has 0 aliphatic heterocycles. The lowest BCUT2D eigenvalue weighted by Gasteiger charge is -2.38. The van der Waals surface area contributed by atoms with Crippen LogP contribution in [-0.4, -0.2) is 6.54 Å². The van der Waals surface area contributed by atoms with Crippen molar-refractivity contribution < 1.29 is 4.39 Å². The van der Waals surface area contributed by atoms with E-state index in [1.54, 1.807) is 6.07 Å². The smallest absolute Gasteiger partial charge is 0.127 e. The van der Waals surface area contributed by atoms with Crippen LogP contribution < -0.4 is 5.32 Å². The van der Waals surface area contributed by atoms with Gasteiger partial charge in [-0.1, -0.05) is 31.5 Å². The van der Waals surface area contributed by atoms with E-state index in [4.69, 9.17) is 0 Å². The minimum atomic E-state index is -0.108. The fourth-order valence-corrected chi connectivity index (χ4v) is 2.10. The first-order chi connectivity index (χ1) is 7.20. The Kier molecular flexibility index (Phi) is 4.75. The molecule has 1 nitrogen and oxygen atoms in total. The quantitative estimate of drug-likeness (QED) is 0.853. The van der Waals surface area contributed by atoms with Gasteiger partial charge in [-0.25, -0.2) is 4.39 Å². The van der Waals surface area contributed by atoms with E-state index in [0.29, 0.717) is 12.0 Å². The molecule has 90 valence electrons. The summed E-state index contributed by atoms with van der Waals surface area (Å²) in [7, 11) is 0. The summed E-state index contributed by atoms with van der Waals surface area (Å²) in [5.74, 6) is -0.108. The lowest BCUT2D eigenvalue weighted by molar-refractivity contribution is 0.156. The number of nitrogens with one attached hydrogen (secondary N) is 1. The molecule has 16 heavy (non-hydrogen) atoms. The van der Waals surface area contributed by atoms with E-state index in [1.165, 1.54) is 25.3 Å². The van der Waals surface area contributed by atoms with Gasteiger partial charge in [-0.2, -0.15) is 0 Å². The topological polar surface area (TPSA) is 12.0 Å². The van der Waals surface area contributed by atoms with Crippen LogP contribution in [0, 0.1) is 11.2 Å². The largest absolute Gasteiger partial charge is 0.312 e. The van der Waals surface area contributed by atoms with Crippen LogP contribution in [0.3, 0.4) is 0 Å². The summed E-state index contributed by atoms with van der Waals surface area (Å²) in [5, 5.41) is 3.34. The second kappa shape index (κ2) is 5.65. The Morgan fingerprint density at radius 3 is 2.56 bits per heavy atom. The highest BCUT2D eigenvalue weighted by atomic mass is 35.5. The first-order valence-electron chi connectivity index (χ1n) is 5.64. The maximum atomic E-state index is 13.3. The molecule has 0 atom stereocenters. The van der Waals surface area contributed by atoms with Crippen LogP contribution >= 0.6 is 12.4 Å². The molecule has 1 aromatic rings. The van der Waals surface area contributed by atoms with Crippen molar-refractivity contribution in [3.8, 4) is 0 Å². The molecule has 0 aromatic heterocycles. The van der Waals surface area contributed by atoms with Crippen LogP contribution in [0.1, 0.15) is 31.7 Å². The van der Waals surface area contributed by atoms with Gasteiger partial charge in [-0.15, -0.1) is 12.4 Å². The highest BCUT2D eigenvalue weighted by molar-refractivity contribution is 5.85. The van der Waals surface area contributed by atoms with Gasteiger partial charge in [-0.3, -0.25) is 0 Å². The van der Waals surface area contributed by atoms with Crippen LogP contribution in [0.4, 0.5) is 4.39 Å². The van der Waals surface area contributed by atoms with Crippen molar-refractivity contribution >= 4 is 12.4 Å². The normalized spacial score (nSPS) is 17.4. The maximum absolute atomic E-state index is 13.3. The van der Waals surface area contributed by atoms with Gasteiger partial charge in [0.05, 0.1) is 0 Å². The molecular formula is C13H19ClFN. The third-order valence-corrected chi connectivity index (χ3v) is 3.39. The Morgan fingerprint density at radius 1 is 1.31 bits per heavy atom. The maximum Gasteiger partial charge on any atom is 0.127 e. The van der Waals surface area contributed by atoms with Crippen LogP contribution in [0.2, 0.25) is 0 Å². The van der Waals surface area contributed by atoms with E-state index in [-0.39, 0.29) is 18.2 Å². The molecule has 0 radical (unpaired) electrons. The summed E-state index contributed by atoms with van der Waals surface area (Å²) in [6, 6.07) is 6.96. The molecule has 0 saturated heterocycles. The van der Waals surface area contributed by atoms with Gasteiger partial charge >= 0.3 is 0 Å². The highest BCUT2D eigenvalue weighted by Gasteiger charge is 2.30. The molecule has 0 spiro atoms. The summed E-state index contributed by atoms with van der Waals surface area (Å²) in [4.78, 5) is 0. The Labute approximate surface area is 103 Å². The van der Waals surface area contributed by atoms with Crippen LogP contribution in [-0.2, 0) is 6.54 Å². The second-order valence-corrected chi connectivity index (χ2v) is 4.86. The number of benzene rings is 1. The van der Waals surface area contributed by atoms with Crippen molar-refractivity contribution in [1.82, 2.24) is 5.32 Å². The lowest BCUT2D eigenvalue weighted by Crippen LogP contribution is -2.37. The summed E-state index contributed by atoms with van der Waals surface area (Å²) in [5.41, 5.74) is 1.23. The van der Waals surface area contributed by atoms with E-state index >= 15 is 0 Å². The summed E-state index contributed by atoms with van der Waals surface area (Å²) >= 11 is 0. The van der Waals surface area contributed by atoms with Gasteiger partial charge in [0, 0.05) is 18.7 Å². The molecule has 1 saturated carbocycles. The highest BCUT2D eigenvalue weighted by Crippen LogP contribution is 2.39. The van der Waals surface area contributed by atoms with Gasteiger partial charge in [0.15, 0.2) is 0 Å². The van der Waals surface area contributed by atoms with Crippen molar-refractivity contribution in [3.05, 3.63) is 35.6 Å². The van der Waals surface area contributed by atoms with E-state index < -0.39 is 0 Å². The number of rotatable bonds is 4. The van der Waals surface area contributed by atoms with Gasteiger partial charge in [0.2, 0.25) is 0 Å². The number of hydrogen-bond acceptors (Lipinski definition) is 1. The van der Waals surface area contributed by atoms with Crippen LogP contribution in [0.15, 0.2) is 24.3 Å². The molecule has 0 amide bonds. The predicted octanol–water partition coefficient (Wildman–Crippen LogP) is 3.53. The SMILES string of the molecule is CC1(CNCc2ccccc2F)CCC1.Cl. The monoisotopic (exact) mass is 243 g/mol. The average Bonchev–Trinajstić information content (AvgIpc) is 2.18. The third-order valence-electron chi connectivity index (χ3n) is 3.39. The van der Waals surface area contributed by atoms with Crippen molar-refractivity contribution in [1.29, 1.82) is 0 Å². The minimum absolute atomic E-state index is 0. The van der Waals surface area contributed by atoms with Crippen molar-refractivity contribution in [2.45, 2.75) is 32.7 Å². The fraction of sp³-hybridized carbons (Fsp3) is 0.538. The molecule has 1 fully saturated rings. The van der Waals surface area contributed by atoms with Crippen LogP contribution in [0.25, 0.3) is 0 Å². The van der Waals surface area contributed by atoms with E-state index in [9.17, 15) is 4.39 Å². The summed E-state index contributed by atoms with van der Waals surface area (Å²) < 4.78 is 13.3. The number of halogens is 2. The molecule has 3 heteroatoms. The van der Waals surface area contributed by atoms with Gasteiger partial charge < -0.3 is 5.32 Å². The summed E-state index contributed by atoms with van der Waals surface area (Å²) in [6.07, 6.45) is 3.95. The van der Waals surface area contributed by atoms with Gasteiger partial charge in [-0.05, 0) is 24.3 Å².